The molecule has 0 aliphatic heterocycles. The van der Waals surface area contributed by atoms with Gasteiger partial charge in [0, 0.05) is 73.0 Å². The van der Waals surface area contributed by atoms with Gasteiger partial charge in [0.25, 0.3) is 0 Å². The normalized spacial score (nSPS) is 10.9. The van der Waals surface area contributed by atoms with Gasteiger partial charge in [0.1, 0.15) is 0 Å². The molecule has 0 aliphatic carbocycles. The molecule has 4 aromatic rings. The number of anilines is 3. The molecule has 0 spiro atoms. The number of rotatable bonds is 12. The summed E-state index contributed by atoms with van der Waals surface area (Å²) in [7, 11) is 0. The predicted octanol–water partition coefficient (Wildman–Crippen LogP) is 7.41. The number of benzene rings is 3. The molecule has 0 saturated carbocycles. The fourth-order valence-corrected chi connectivity index (χ4v) is 4.99. The molecule has 0 atom stereocenters. The number of nitrogens with zero attached hydrogens (tertiary/aromatic N) is 6. The lowest BCUT2D eigenvalue weighted by Gasteiger charge is -2.21. The minimum atomic E-state index is 0.682. The van der Waals surface area contributed by atoms with E-state index < -0.39 is 0 Å². The van der Waals surface area contributed by atoms with Crippen molar-refractivity contribution in [2.75, 3.05) is 54.0 Å². The first-order chi connectivity index (χ1) is 19.0. The van der Waals surface area contributed by atoms with Gasteiger partial charge in [-0.3, -0.25) is 0 Å². The molecule has 0 bridgehead atoms. The van der Waals surface area contributed by atoms with Crippen LogP contribution in [0.2, 0.25) is 0 Å². The van der Waals surface area contributed by atoms with E-state index in [0.717, 1.165) is 56.0 Å². The van der Waals surface area contributed by atoms with Crippen LogP contribution in [0.1, 0.15) is 41.5 Å². The molecular formula is C33H42N6. The zero-order valence-electron chi connectivity index (χ0n) is 24.4. The Morgan fingerprint density at radius 1 is 0.359 bits per heavy atom. The third kappa shape index (κ3) is 6.39. The smallest absolute Gasteiger partial charge is 0.164 e. The molecule has 0 amide bonds. The zero-order valence-corrected chi connectivity index (χ0v) is 24.4. The lowest BCUT2D eigenvalue weighted by atomic mass is 10.1. The summed E-state index contributed by atoms with van der Waals surface area (Å²) in [5, 5.41) is 0. The van der Waals surface area contributed by atoms with Gasteiger partial charge in [-0.1, -0.05) is 0 Å². The second-order valence-electron chi connectivity index (χ2n) is 9.46. The van der Waals surface area contributed by atoms with E-state index in [0.29, 0.717) is 17.5 Å². The molecule has 0 saturated heterocycles. The van der Waals surface area contributed by atoms with Crippen LogP contribution in [0.4, 0.5) is 17.1 Å². The standard InChI is InChI=1S/C33H42N6/c1-7-37(8-2)28-19-13-25(14-20-28)31-34-32(26-15-21-29(22-16-26)38(9-3)10-4)36-33(35-31)27-17-23-30(24-18-27)39(11-5)12-6/h13-24H,7-12H2,1-6H3. The Labute approximate surface area is 234 Å². The summed E-state index contributed by atoms with van der Waals surface area (Å²) >= 11 is 0. The van der Waals surface area contributed by atoms with Crippen molar-refractivity contribution in [1.29, 1.82) is 0 Å². The first kappa shape index (κ1) is 28.1. The molecule has 6 heteroatoms. The summed E-state index contributed by atoms with van der Waals surface area (Å²) in [6.45, 7) is 18.9. The average Bonchev–Trinajstić information content (AvgIpc) is 3.00. The summed E-state index contributed by atoms with van der Waals surface area (Å²) in [6.07, 6.45) is 0. The maximum Gasteiger partial charge on any atom is 0.164 e. The van der Waals surface area contributed by atoms with Crippen molar-refractivity contribution in [1.82, 2.24) is 15.0 Å². The van der Waals surface area contributed by atoms with Crippen LogP contribution in [0.5, 0.6) is 0 Å². The van der Waals surface area contributed by atoms with Crippen LogP contribution in [0.3, 0.4) is 0 Å². The Bertz CT molecular complexity index is 1130. The third-order valence-corrected chi connectivity index (χ3v) is 7.40. The lowest BCUT2D eigenvalue weighted by Crippen LogP contribution is -2.21. The quantitative estimate of drug-likeness (QED) is 0.193. The third-order valence-electron chi connectivity index (χ3n) is 7.40. The molecule has 0 aliphatic rings. The summed E-state index contributed by atoms with van der Waals surface area (Å²) in [5.74, 6) is 2.05. The maximum absolute atomic E-state index is 4.94. The summed E-state index contributed by atoms with van der Waals surface area (Å²) in [6, 6.07) is 25.6. The fourth-order valence-electron chi connectivity index (χ4n) is 4.99. The molecule has 0 unspecified atom stereocenters. The maximum atomic E-state index is 4.94. The van der Waals surface area contributed by atoms with Crippen LogP contribution < -0.4 is 14.7 Å². The highest BCUT2D eigenvalue weighted by Gasteiger charge is 2.14. The largest absolute Gasteiger partial charge is 0.372 e. The lowest BCUT2D eigenvalue weighted by molar-refractivity contribution is 0.866. The van der Waals surface area contributed by atoms with E-state index in [1.165, 1.54) is 17.1 Å². The summed E-state index contributed by atoms with van der Waals surface area (Å²) < 4.78 is 0. The Morgan fingerprint density at radius 2 is 0.564 bits per heavy atom. The topological polar surface area (TPSA) is 48.4 Å². The van der Waals surface area contributed by atoms with E-state index in [4.69, 9.17) is 15.0 Å². The average molecular weight is 523 g/mol. The second-order valence-corrected chi connectivity index (χ2v) is 9.46. The summed E-state index contributed by atoms with van der Waals surface area (Å²) in [4.78, 5) is 21.8. The van der Waals surface area contributed by atoms with E-state index in [1.807, 2.05) is 0 Å². The number of hydrogen-bond donors (Lipinski definition) is 0. The molecule has 39 heavy (non-hydrogen) atoms. The monoisotopic (exact) mass is 522 g/mol. The van der Waals surface area contributed by atoms with Crippen molar-refractivity contribution >= 4 is 17.1 Å². The van der Waals surface area contributed by atoms with Gasteiger partial charge in [0.15, 0.2) is 17.5 Å². The molecule has 0 N–H and O–H groups in total. The van der Waals surface area contributed by atoms with Crippen molar-refractivity contribution in [3.05, 3.63) is 72.8 Å². The molecule has 204 valence electrons. The molecule has 0 radical (unpaired) electrons. The van der Waals surface area contributed by atoms with Crippen molar-refractivity contribution in [3.8, 4) is 34.2 Å². The molecule has 4 rings (SSSR count). The number of hydrogen-bond acceptors (Lipinski definition) is 6. The molecule has 0 fully saturated rings. The highest BCUT2D eigenvalue weighted by Crippen LogP contribution is 2.28. The van der Waals surface area contributed by atoms with E-state index in [2.05, 4.69) is 129 Å². The van der Waals surface area contributed by atoms with Gasteiger partial charge in [0.05, 0.1) is 0 Å². The van der Waals surface area contributed by atoms with Gasteiger partial charge in [-0.25, -0.2) is 15.0 Å². The van der Waals surface area contributed by atoms with Crippen LogP contribution in [-0.2, 0) is 0 Å². The van der Waals surface area contributed by atoms with Gasteiger partial charge in [-0.2, -0.15) is 0 Å². The van der Waals surface area contributed by atoms with Crippen LogP contribution in [0.15, 0.2) is 72.8 Å². The van der Waals surface area contributed by atoms with Crippen molar-refractivity contribution in [2.24, 2.45) is 0 Å². The van der Waals surface area contributed by atoms with Crippen molar-refractivity contribution in [2.45, 2.75) is 41.5 Å². The van der Waals surface area contributed by atoms with Crippen molar-refractivity contribution in [3.63, 3.8) is 0 Å². The Morgan fingerprint density at radius 3 is 0.744 bits per heavy atom. The van der Waals surface area contributed by atoms with E-state index in [9.17, 15) is 0 Å². The van der Waals surface area contributed by atoms with Gasteiger partial charge < -0.3 is 14.7 Å². The first-order valence-corrected chi connectivity index (χ1v) is 14.4. The summed E-state index contributed by atoms with van der Waals surface area (Å²) in [5.41, 5.74) is 6.56. The SMILES string of the molecule is CCN(CC)c1ccc(-c2nc(-c3ccc(N(CC)CC)cc3)nc(-c3ccc(N(CC)CC)cc3)n2)cc1. The Hall–Kier alpha value is -3.93. The molecule has 1 aromatic heterocycles. The van der Waals surface area contributed by atoms with E-state index in [-0.39, 0.29) is 0 Å². The van der Waals surface area contributed by atoms with E-state index in [1.54, 1.807) is 0 Å². The zero-order chi connectivity index (χ0) is 27.8. The Kier molecular flexibility index (Phi) is 9.53. The molecular weight excluding hydrogens is 480 g/mol. The first-order valence-electron chi connectivity index (χ1n) is 14.4. The highest BCUT2D eigenvalue weighted by molar-refractivity contribution is 5.69. The highest BCUT2D eigenvalue weighted by atomic mass is 15.1. The molecule has 6 nitrogen and oxygen atoms in total. The van der Waals surface area contributed by atoms with E-state index >= 15 is 0 Å². The van der Waals surface area contributed by atoms with Gasteiger partial charge in [-0.15, -0.1) is 0 Å². The van der Waals surface area contributed by atoms with Crippen molar-refractivity contribution < 1.29 is 0 Å². The number of aromatic nitrogens is 3. The second kappa shape index (κ2) is 13.2. The van der Waals surface area contributed by atoms with Crippen LogP contribution in [0, 0.1) is 0 Å². The van der Waals surface area contributed by atoms with Crippen LogP contribution in [0.25, 0.3) is 34.2 Å². The van der Waals surface area contributed by atoms with Gasteiger partial charge in [-0.05, 0) is 114 Å². The fraction of sp³-hybridized carbons (Fsp3) is 0.364. The predicted molar refractivity (Wildman–Crippen MR) is 167 cm³/mol. The minimum Gasteiger partial charge on any atom is -0.372 e. The van der Waals surface area contributed by atoms with Gasteiger partial charge in [0.2, 0.25) is 0 Å². The van der Waals surface area contributed by atoms with Crippen LogP contribution >= 0.6 is 0 Å². The Balaban J connectivity index is 1.77. The van der Waals surface area contributed by atoms with Gasteiger partial charge >= 0.3 is 0 Å². The minimum absolute atomic E-state index is 0.682. The molecule has 1 heterocycles. The van der Waals surface area contributed by atoms with Crippen LogP contribution in [-0.4, -0.2) is 54.2 Å². The molecule has 3 aromatic carbocycles.